The number of halogens is 1. The van der Waals surface area contributed by atoms with Gasteiger partial charge in [0.05, 0.1) is 18.2 Å². The zero-order valence-electron chi connectivity index (χ0n) is 18.9. The van der Waals surface area contributed by atoms with E-state index in [0.29, 0.717) is 16.3 Å². The first-order chi connectivity index (χ1) is 15.5. The van der Waals surface area contributed by atoms with Crippen molar-refractivity contribution in [2.24, 2.45) is 7.05 Å². The molecular weight excluding hydrogens is 444 g/mol. The molecule has 33 heavy (non-hydrogen) atoms. The summed E-state index contributed by atoms with van der Waals surface area (Å²) in [6.07, 6.45) is 2.80. The van der Waals surface area contributed by atoms with Gasteiger partial charge in [-0.2, -0.15) is 0 Å². The highest BCUT2D eigenvalue weighted by Gasteiger charge is 2.26. The summed E-state index contributed by atoms with van der Waals surface area (Å²) in [6, 6.07) is 10.7. The van der Waals surface area contributed by atoms with Gasteiger partial charge in [-0.15, -0.1) is 0 Å². The molecule has 3 N–H and O–H groups in total. The molecule has 0 spiro atoms. The highest BCUT2D eigenvalue weighted by molar-refractivity contribution is 6.31. The molecule has 0 aliphatic rings. The van der Waals surface area contributed by atoms with Crippen LogP contribution in [0, 0.1) is 0 Å². The van der Waals surface area contributed by atoms with Crippen molar-refractivity contribution in [1.82, 2.24) is 14.9 Å². The number of aromatic nitrogens is 2. The lowest BCUT2D eigenvalue weighted by atomic mass is 10.0. The van der Waals surface area contributed by atoms with Crippen molar-refractivity contribution in [2.45, 2.75) is 38.8 Å². The number of ether oxygens (including phenoxy) is 1. The number of amides is 2. The third-order valence-electron chi connectivity index (χ3n) is 4.73. The maximum absolute atomic E-state index is 13.1. The van der Waals surface area contributed by atoms with E-state index in [1.54, 1.807) is 45.4 Å². The number of nitrogens with one attached hydrogen (secondary N) is 2. The number of phenols is 1. The van der Waals surface area contributed by atoms with Crippen molar-refractivity contribution in [3.63, 3.8) is 0 Å². The Morgan fingerprint density at radius 3 is 2.48 bits per heavy atom. The number of aryl methyl sites for hydroxylation is 1. The van der Waals surface area contributed by atoms with Crippen LogP contribution in [0.5, 0.6) is 5.75 Å². The second-order valence-electron chi connectivity index (χ2n) is 8.64. The molecular formula is C24H27ClN4O4. The number of anilines is 1. The lowest BCUT2D eigenvalue weighted by Gasteiger charge is -2.23. The van der Waals surface area contributed by atoms with E-state index in [9.17, 15) is 14.7 Å². The summed E-state index contributed by atoms with van der Waals surface area (Å²) in [4.78, 5) is 29.6. The predicted molar refractivity (Wildman–Crippen MR) is 127 cm³/mol. The van der Waals surface area contributed by atoms with Crippen LogP contribution in [-0.2, 0) is 23.0 Å². The summed E-state index contributed by atoms with van der Waals surface area (Å²) in [7, 11) is 1.90. The molecule has 1 heterocycles. The minimum atomic E-state index is -0.990. The van der Waals surface area contributed by atoms with Crippen LogP contribution in [-0.4, -0.2) is 38.3 Å². The second-order valence-corrected chi connectivity index (χ2v) is 9.04. The van der Waals surface area contributed by atoms with Gasteiger partial charge in [0, 0.05) is 24.2 Å². The van der Waals surface area contributed by atoms with Gasteiger partial charge in [0.1, 0.15) is 17.4 Å². The van der Waals surface area contributed by atoms with Crippen molar-refractivity contribution in [3.8, 4) is 17.0 Å². The van der Waals surface area contributed by atoms with E-state index in [2.05, 4.69) is 15.6 Å². The number of alkyl carbamates (subject to hydrolysis) is 1. The number of carbonyl (C=O) groups is 2. The number of hydrogen-bond acceptors (Lipinski definition) is 5. The molecule has 2 amide bonds. The Balaban J connectivity index is 1.78. The summed E-state index contributed by atoms with van der Waals surface area (Å²) < 4.78 is 7.20. The number of phenolic OH excluding ortho intramolecular Hbond substituents is 1. The van der Waals surface area contributed by atoms with E-state index < -0.39 is 23.6 Å². The van der Waals surface area contributed by atoms with Crippen LogP contribution in [0.15, 0.2) is 55.0 Å². The van der Waals surface area contributed by atoms with Crippen molar-refractivity contribution < 1.29 is 19.4 Å². The van der Waals surface area contributed by atoms with Gasteiger partial charge in [0.15, 0.2) is 0 Å². The van der Waals surface area contributed by atoms with Gasteiger partial charge < -0.3 is 25.0 Å². The van der Waals surface area contributed by atoms with Gasteiger partial charge in [-0.3, -0.25) is 4.79 Å². The molecule has 0 radical (unpaired) electrons. The van der Waals surface area contributed by atoms with E-state index in [4.69, 9.17) is 16.3 Å². The Labute approximate surface area is 197 Å². The van der Waals surface area contributed by atoms with Crippen LogP contribution < -0.4 is 10.6 Å². The fraction of sp³-hybridized carbons (Fsp3) is 0.292. The first kappa shape index (κ1) is 24.1. The van der Waals surface area contributed by atoms with Gasteiger partial charge in [0.2, 0.25) is 5.91 Å². The van der Waals surface area contributed by atoms with E-state index in [0.717, 1.165) is 11.3 Å². The minimum Gasteiger partial charge on any atom is -0.508 e. The molecule has 0 fully saturated rings. The molecule has 0 saturated heterocycles. The second kappa shape index (κ2) is 9.95. The molecule has 1 aromatic heterocycles. The lowest BCUT2D eigenvalue weighted by molar-refractivity contribution is -0.118. The number of aromatic hydroxyl groups is 1. The third kappa shape index (κ3) is 6.73. The number of imidazole rings is 1. The monoisotopic (exact) mass is 470 g/mol. The zero-order chi connectivity index (χ0) is 24.2. The average molecular weight is 471 g/mol. The summed E-state index contributed by atoms with van der Waals surface area (Å²) in [5.74, 6) is -0.440. The summed E-state index contributed by atoms with van der Waals surface area (Å²) >= 11 is 6.23. The number of benzene rings is 2. The largest absolute Gasteiger partial charge is 0.508 e. The van der Waals surface area contributed by atoms with Gasteiger partial charge in [-0.25, -0.2) is 9.78 Å². The first-order valence-electron chi connectivity index (χ1n) is 10.4. The predicted octanol–water partition coefficient (Wildman–Crippen LogP) is 4.52. The molecule has 0 bridgehead atoms. The number of nitrogens with zero attached hydrogens (tertiary/aromatic N) is 2. The third-order valence-corrected chi connectivity index (χ3v) is 5.09. The quantitative estimate of drug-likeness (QED) is 0.491. The minimum absolute atomic E-state index is 0.0107. The fourth-order valence-corrected chi connectivity index (χ4v) is 3.38. The van der Waals surface area contributed by atoms with E-state index in [1.165, 1.54) is 18.2 Å². The van der Waals surface area contributed by atoms with E-state index >= 15 is 0 Å². The molecule has 2 aromatic carbocycles. The Kier molecular flexibility index (Phi) is 7.28. The van der Waals surface area contributed by atoms with E-state index in [-0.39, 0.29) is 12.2 Å². The Morgan fingerprint density at radius 1 is 1.18 bits per heavy atom. The standard InChI is InChI=1S/C24H27ClN4O4/c1-24(2,3)33-23(32)28-20(12-16-11-18(30)9-10-19(16)25)22(31)27-17-7-5-15(6-8-17)21-13-26-14-29(21)4/h5-11,13-14,20,30H,12H2,1-4H3,(H,27,31)(H,28,32). The van der Waals surface area contributed by atoms with Crippen molar-refractivity contribution in [3.05, 3.63) is 65.6 Å². The maximum Gasteiger partial charge on any atom is 0.408 e. The van der Waals surface area contributed by atoms with Crippen molar-refractivity contribution in [1.29, 1.82) is 0 Å². The molecule has 174 valence electrons. The van der Waals surface area contributed by atoms with Gasteiger partial charge in [-0.05, 0) is 62.2 Å². The molecule has 1 unspecified atom stereocenters. The topological polar surface area (TPSA) is 105 Å². The maximum atomic E-state index is 13.1. The Morgan fingerprint density at radius 2 is 1.88 bits per heavy atom. The summed E-state index contributed by atoms with van der Waals surface area (Å²) in [6.45, 7) is 5.20. The van der Waals surface area contributed by atoms with Gasteiger partial charge >= 0.3 is 6.09 Å². The van der Waals surface area contributed by atoms with Crippen LogP contribution in [0.1, 0.15) is 26.3 Å². The number of carbonyl (C=O) groups excluding carboxylic acids is 2. The SMILES string of the molecule is Cn1cncc1-c1ccc(NC(=O)C(Cc2cc(O)ccc2Cl)NC(=O)OC(C)(C)C)cc1. The van der Waals surface area contributed by atoms with Crippen LogP contribution >= 0.6 is 11.6 Å². The van der Waals surface area contributed by atoms with Crippen LogP contribution in [0.3, 0.4) is 0 Å². The first-order valence-corrected chi connectivity index (χ1v) is 10.7. The van der Waals surface area contributed by atoms with Crippen LogP contribution in [0.2, 0.25) is 5.02 Å². The number of hydrogen-bond donors (Lipinski definition) is 3. The normalized spacial score (nSPS) is 12.2. The molecule has 3 aromatic rings. The average Bonchev–Trinajstić information content (AvgIpc) is 3.15. The van der Waals surface area contributed by atoms with Crippen LogP contribution in [0.4, 0.5) is 10.5 Å². The van der Waals surface area contributed by atoms with Crippen LogP contribution in [0.25, 0.3) is 11.3 Å². The molecule has 3 rings (SSSR count). The van der Waals surface area contributed by atoms with Crippen molar-refractivity contribution in [2.75, 3.05) is 5.32 Å². The molecule has 8 nitrogen and oxygen atoms in total. The molecule has 1 atom stereocenters. The summed E-state index contributed by atoms with van der Waals surface area (Å²) in [5, 5.41) is 15.6. The molecule has 0 aliphatic heterocycles. The molecule has 9 heteroatoms. The summed E-state index contributed by atoms with van der Waals surface area (Å²) in [5.41, 5.74) is 2.23. The smallest absolute Gasteiger partial charge is 0.408 e. The molecule has 0 saturated carbocycles. The van der Waals surface area contributed by atoms with Gasteiger partial charge in [0.25, 0.3) is 0 Å². The fourth-order valence-electron chi connectivity index (χ4n) is 3.19. The molecule has 0 aliphatic carbocycles. The Bertz CT molecular complexity index is 1140. The zero-order valence-corrected chi connectivity index (χ0v) is 19.7. The lowest BCUT2D eigenvalue weighted by Crippen LogP contribution is -2.47. The van der Waals surface area contributed by atoms with E-state index in [1.807, 2.05) is 23.7 Å². The number of rotatable bonds is 6. The highest BCUT2D eigenvalue weighted by Crippen LogP contribution is 2.24. The highest BCUT2D eigenvalue weighted by atomic mass is 35.5. The van der Waals surface area contributed by atoms with Gasteiger partial charge in [-0.1, -0.05) is 23.7 Å². The van der Waals surface area contributed by atoms with Crippen molar-refractivity contribution >= 4 is 29.3 Å². The Hall–Kier alpha value is -3.52.